The molecule has 0 spiro atoms. The van der Waals surface area contributed by atoms with Crippen molar-refractivity contribution in [3.63, 3.8) is 0 Å². The first-order valence-electron chi connectivity index (χ1n) is 10.9. The van der Waals surface area contributed by atoms with Gasteiger partial charge in [-0.25, -0.2) is 4.98 Å². The molecule has 0 atom stereocenters. The van der Waals surface area contributed by atoms with Crippen molar-refractivity contribution in [2.45, 2.75) is 20.0 Å². The van der Waals surface area contributed by atoms with Gasteiger partial charge in [0.05, 0.1) is 6.20 Å². The van der Waals surface area contributed by atoms with E-state index < -0.39 is 0 Å². The second-order valence-corrected chi connectivity index (χ2v) is 8.41. The Morgan fingerprint density at radius 2 is 1.78 bits per heavy atom. The molecule has 1 aliphatic heterocycles. The van der Waals surface area contributed by atoms with Crippen LogP contribution in [0.15, 0.2) is 42.9 Å². The summed E-state index contributed by atoms with van der Waals surface area (Å²) in [5.41, 5.74) is 5.69. The molecule has 3 aromatic rings. The number of benzene rings is 1. The third kappa shape index (κ3) is 5.05. The number of rotatable bonds is 6. The molecule has 2 aromatic heterocycles. The van der Waals surface area contributed by atoms with Crippen molar-refractivity contribution in [1.82, 2.24) is 35.3 Å². The maximum Gasteiger partial charge on any atom is 0.166 e. The Hall–Kier alpha value is -3.04. The third-order valence-electron chi connectivity index (χ3n) is 5.99. The first-order chi connectivity index (χ1) is 15.5. The quantitative estimate of drug-likeness (QED) is 0.553. The Kier molecular flexibility index (Phi) is 6.96. The van der Waals surface area contributed by atoms with Gasteiger partial charge in [-0.05, 0) is 24.7 Å². The monoisotopic (exact) mass is 450 g/mol. The van der Waals surface area contributed by atoms with E-state index in [9.17, 15) is 0 Å². The minimum Gasteiger partial charge on any atom is -0.366 e. The predicted molar refractivity (Wildman–Crippen MR) is 131 cm³/mol. The highest BCUT2D eigenvalue weighted by Gasteiger charge is 2.22. The summed E-state index contributed by atoms with van der Waals surface area (Å²) in [5, 5.41) is 11.1. The van der Waals surface area contributed by atoms with E-state index in [0.29, 0.717) is 11.7 Å². The molecule has 1 aromatic carbocycles. The lowest BCUT2D eigenvalue weighted by Crippen LogP contribution is -2.46. The molecule has 1 fully saturated rings. The number of piperazine rings is 1. The van der Waals surface area contributed by atoms with Crippen molar-refractivity contribution < 1.29 is 0 Å². The molecule has 0 unspecified atom stereocenters. The Morgan fingerprint density at radius 1 is 1.06 bits per heavy atom. The van der Waals surface area contributed by atoms with Crippen LogP contribution >= 0.6 is 12.2 Å². The smallest absolute Gasteiger partial charge is 0.166 e. The van der Waals surface area contributed by atoms with Gasteiger partial charge in [0.25, 0.3) is 0 Å². The summed E-state index contributed by atoms with van der Waals surface area (Å²) in [7, 11) is 3.81. The van der Waals surface area contributed by atoms with Gasteiger partial charge in [0.2, 0.25) is 0 Å². The molecule has 0 radical (unpaired) electrons. The van der Waals surface area contributed by atoms with E-state index in [2.05, 4.69) is 61.7 Å². The highest BCUT2D eigenvalue weighted by atomic mass is 32.1. The molecule has 8 nitrogen and oxygen atoms in total. The molecule has 168 valence electrons. The first kappa shape index (κ1) is 22.2. The fourth-order valence-corrected chi connectivity index (χ4v) is 3.95. The number of anilines is 1. The molecular formula is C23H30N8S. The minimum atomic E-state index is 0.642. The van der Waals surface area contributed by atoms with Gasteiger partial charge in [-0.2, -0.15) is 5.10 Å². The van der Waals surface area contributed by atoms with Crippen molar-refractivity contribution in [3.05, 3.63) is 59.7 Å². The number of hydrogen-bond donors (Lipinski definition) is 2. The average Bonchev–Trinajstić information content (AvgIpc) is 3.15. The lowest BCUT2D eigenvalue weighted by atomic mass is 10.1. The second kappa shape index (κ2) is 10.1. The van der Waals surface area contributed by atoms with Crippen LogP contribution in [0.1, 0.15) is 16.8 Å². The zero-order chi connectivity index (χ0) is 22.5. The number of hydrogen-bond acceptors (Lipinski definition) is 6. The minimum absolute atomic E-state index is 0.642. The second-order valence-electron chi connectivity index (χ2n) is 8.00. The number of aromatic nitrogens is 4. The van der Waals surface area contributed by atoms with Crippen molar-refractivity contribution in [2.75, 3.05) is 38.1 Å². The zero-order valence-electron chi connectivity index (χ0n) is 18.9. The normalized spacial score (nSPS) is 14.4. The largest absolute Gasteiger partial charge is 0.366 e. The van der Waals surface area contributed by atoms with Gasteiger partial charge >= 0.3 is 0 Å². The molecule has 9 heteroatoms. The highest BCUT2D eigenvalue weighted by molar-refractivity contribution is 7.80. The Bertz CT molecular complexity index is 1050. The van der Waals surface area contributed by atoms with Gasteiger partial charge in [0, 0.05) is 82.6 Å². The van der Waals surface area contributed by atoms with E-state index in [4.69, 9.17) is 17.2 Å². The summed E-state index contributed by atoms with van der Waals surface area (Å²) in [5.74, 6) is 0.951. The zero-order valence-corrected chi connectivity index (χ0v) is 19.7. The van der Waals surface area contributed by atoms with Gasteiger partial charge in [0.1, 0.15) is 5.69 Å². The summed E-state index contributed by atoms with van der Waals surface area (Å²) in [4.78, 5) is 14.2. The van der Waals surface area contributed by atoms with Gasteiger partial charge in [0.15, 0.2) is 10.9 Å². The molecule has 0 aliphatic carbocycles. The molecule has 0 amide bonds. The SMILES string of the molecule is CNC(=S)NCc1ccc(-c2nccnc2N2CCN(Cc3cnn(C)c3C)CC2)cc1. The Labute approximate surface area is 194 Å². The summed E-state index contributed by atoms with van der Waals surface area (Å²) < 4.78 is 1.94. The molecule has 0 saturated carbocycles. The van der Waals surface area contributed by atoms with Crippen LogP contribution in [0.4, 0.5) is 5.82 Å². The number of nitrogens with one attached hydrogen (secondary N) is 2. The molecular weight excluding hydrogens is 420 g/mol. The van der Waals surface area contributed by atoms with Gasteiger partial charge in [-0.1, -0.05) is 24.3 Å². The van der Waals surface area contributed by atoms with Crippen LogP contribution in [0.3, 0.4) is 0 Å². The molecule has 32 heavy (non-hydrogen) atoms. The highest BCUT2D eigenvalue weighted by Crippen LogP contribution is 2.28. The fourth-order valence-electron chi connectivity index (χ4n) is 3.88. The van der Waals surface area contributed by atoms with Crippen molar-refractivity contribution in [3.8, 4) is 11.3 Å². The molecule has 1 saturated heterocycles. The summed E-state index contributed by atoms with van der Waals surface area (Å²) >= 11 is 5.14. The summed E-state index contributed by atoms with van der Waals surface area (Å²) in [6.07, 6.45) is 5.52. The van der Waals surface area contributed by atoms with Crippen LogP contribution in [0.2, 0.25) is 0 Å². The van der Waals surface area contributed by atoms with E-state index in [0.717, 1.165) is 55.4 Å². The third-order valence-corrected chi connectivity index (χ3v) is 6.34. The standard InChI is InChI=1S/C23H30N8S/c1-17-20(15-28-29(17)3)16-30-10-12-31(13-11-30)22-21(25-8-9-26-22)19-6-4-18(5-7-19)14-27-23(32)24-2/h4-9,15H,10-14,16H2,1-3H3,(H2,24,27,32). The van der Waals surface area contributed by atoms with Gasteiger partial charge < -0.3 is 15.5 Å². The van der Waals surface area contributed by atoms with Crippen LogP contribution in [-0.2, 0) is 20.1 Å². The topological polar surface area (TPSA) is 74.1 Å². The van der Waals surface area contributed by atoms with Gasteiger partial charge in [-0.15, -0.1) is 0 Å². The van der Waals surface area contributed by atoms with E-state index in [1.54, 1.807) is 12.4 Å². The maximum atomic E-state index is 5.14. The molecule has 2 N–H and O–H groups in total. The van der Waals surface area contributed by atoms with Crippen LogP contribution in [0.5, 0.6) is 0 Å². The Morgan fingerprint density at radius 3 is 2.44 bits per heavy atom. The average molecular weight is 451 g/mol. The van der Waals surface area contributed by atoms with E-state index in [1.165, 1.54) is 11.3 Å². The lowest BCUT2D eigenvalue weighted by Gasteiger charge is -2.35. The van der Waals surface area contributed by atoms with Crippen molar-refractivity contribution >= 4 is 23.1 Å². The van der Waals surface area contributed by atoms with Crippen LogP contribution in [0, 0.1) is 6.92 Å². The lowest BCUT2D eigenvalue weighted by molar-refractivity contribution is 0.249. The van der Waals surface area contributed by atoms with Crippen LogP contribution < -0.4 is 15.5 Å². The molecule has 1 aliphatic rings. The number of thiocarbonyl (C=S) groups is 1. The number of nitrogens with zero attached hydrogens (tertiary/aromatic N) is 6. The summed E-state index contributed by atoms with van der Waals surface area (Å²) in [6.45, 7) is 7.57. The molecule has 0 bridgehead atoms. The van der Waals surface area contributed by atoms with Crippen LogP contribution in [-0.4, -0.2) is 63.0 Å². The van der Waals surface area contributed by atoms with E-state index in [-0.39, 0.29) is 0 Å². The van der Waals surface area contributed by atoms with Crippen LogP contribution in [0.25, 0.3) is 11.3 Å². The van der Waals surface area contributed by atoms with E-state index >= 15 is 0 Å². The fraction of sp³-hybridized carbons (Fsp3) is 0.391. The van der Waals surface area contributed by atoms with Crippen molar-refractivity contribution in [2.24, 2.45) is 7.05 Å². The first-order valence-corrected chi connectivity index (χ1v) is 11.3. The van der Waals surface area contributed by atoms with Crippen molar-refractivity contribution in [1.29, 1.82) is 0 Å². The van der Waals surface area contributed by atoms with Gasteiger partial charge in [-0.3, -0.25) is 14.6 Å². The number of aryl methyl sites for hydroxylation is 1. The summed E-state index contributed by atoms with van der Waals surface area (Å²) in [6, 6.07) is 8.42. The predicted octanol–water partition coefficient (Wildman–Crippen LogP) is 2.10. The molecule has 3 heterocycles. The Balaban J connectivity index is 1.41. The van der Waals surface area contributed by atoms with E-state index in [1.807, 2.05) is 25.0 Å². The maximum absolute atomic E-state index is 5.14. The molecule has 4 rings (SSSR count).